The number of aliphatic hydroxyl groups is 1. The summed E-state index contributed by atoms with van der Waals surface area (Å²) >= 11 is 1.52. The number of thiophene rings is 1. The van der Waals surface area contributed by atoms with E-state index in [-0.39, 0.29) is 18.5 Å². The number of para-hydroxylation sites is 1. The molecule has 1 heterocycles. The number of urea groups is 1. The molecule has 2 unspecified atom stereocenters. The van der Waals surface area contributed by atoms with Crippen LogP contribution in [0.4, 0.5) is 4.79 Å². The number of rotatable bonds is 7. The number of benzene rings is 1. The van der Waals surface area contributed by atoms with Gasteiger partial charge in [0.25, 0.3) is 0 Å². The zero-order chi connectivity index (χ0) is 16.7. The SMILES string of the molecule is COc1ccccc1C(C)CNC(=O)NCC(O)c1ccsc1. The Balaban J connectivity index is 1.77. The molecule has 2 rings (SSSR count). The largest absolute Gasteiger partial charge is 0.496 e. The van der Waals surface area contributed by atoms with Crippen LogP contribution in [0, 0.1) is 0 Å². The minimum Gasteiger partial charge on any atom is -0.496 e. The van der Waals surface area contributed by atoms with E-state index >= 15 is 0 Å². The third-order valence-corrected chi connectivity index (χ3v) is 4.32. The Morgan fingerprint density at radius 2 is 2.00 bits per heavy atom. The third-order valence-electron chi connectivity index (χ3n) is 3.62. The summed E-state index contributed by atoms with van der Waals surface area (Å²) in [6.07, 6.45) is -0.682. The normalized spacial score (nSPS) is 13.2. The van der Waals surface area contributed by atoms with Crippen LogP contribution < -0.4 is 15.4 Å². The van der Waals surface area contributed by atoms with Crippen LogP contribution in [0.5, 0.6) is 5.75 Å². The van der Waals surface area contributed by atoms with Gasteiger partial charge >= 0.3 is 6.03 Å². The second-order valence-electron chi connectivity index (χ2n) is 5.31. The van der Waals surface area contributed by atoms with Crippen LogP contribution in [0.3, 0.4) is 0 Å². The first kappa shape index (κ1) is 17.3. The lowest BCUT2D eigenvalue weighted by Gasteiger charge is -2.17. The fourth-order valence-corrected chi connectivity index (χ4v) is 2.97. The number of hydrogen-bond donors (Lipinski definition) is 3. The van der Waals surface area contributed by atoms with Crippen molar-refractivity contribution in [3.63, 3.8) is 0 Å². The Hall–Kier alpha value is -2.05. The number of hydrogen-bond acceptors (Lipinski definition) is 4. The summed E-state index contributed by atoms with van der Waals surface area (Å²) in [5.74, 6) is 0.939. The van der Waals surface area contributed by atoms with Gasteiger partial charge in [0.15, 0.2) is 0 Å². The maximum Gasteiger partial charge on any atom is 0.314 e. The number of carbonyl (C=O) groups excluding carboxylic acids is 1. The van der Waals surface area contributed by atoms with Crippen LogP contribution >= 0.6 is 11.3 Å². The summed E-state index contributed by atoms with van der Waals surface area (Å²) in [7, 11) is 1.64. The van der Waals surface area contributed by atoms with Crippen LogP contribution in [0.2, 0.25) is 0 Å². The van der Waals surface area contributed by atoms with Gasteiger partial charge in [-0.1, -0.05) is 25.1 Å². The number of methoxy groups -OCH3 is 1. The van der Waals surface area contributed by atoms with Crippen molar-refractivity contribution >= 4 is 17.4 Å². The highest BCUT2D eigenvalue weighted by Gasteiger charge is 2.13. The summed E-state index contributed by atoms with van der Waals surface area (Å²) in [6, 6.07) is 9.32. The molecular weight excluding hydrogens is 312 g/mol. The monoisotopic (exact) mass is 334 g/mol. The molecular formula is C17H22N2O3S. The van der Waals surface area contributed by atoms with Crippen LogP contribution in [0.1, 0.15) is 30.1 Å². The lowest BCUT2D eigenvalue weighted by atomic mass is 10.0. The quantitative estimate of drug-likeness (QED) is 0.729. The van der Waals surface area contributed by atoms with E-state index in [1.807, 2.05) is 48.0 Å². The molecule has 0 saturated heterocycles. The molecule has 0 fully saturated rings. The third kappa shape index (κ3) is 4.97. The zero-order valence-corrected chi connectivity index (χ0v) is 14.1. The Kier molecular flexibility index (Phi) is 6.43. The zero-order valence-electron chi connectivity index (χ0n) is 13.3. The number of carbonyl (C=O) groups is 1. The van der Waals surface area contributed by atoms with E-state index < -0.39 is 6.10 Å². The van der Waals surface area contributed by atoms with E-state index in [0.29, 0.717) is 6.54 Å². The van der Waals surface area contributed by atoms with Gasteiger partial charge in [0.2, 0.25) is 0 Å². The van der Waals surface area contributed by atoms with Crippen LogP contribution in [0.15, 0.2) is 41.1 Å². The van der Waals surface area contributed by atoms with Crippen molar-refractivity contribution in [2.45, 2.75) is 18.9 Å². The van der Waals surface area contributed by atoms with Gasteiger partial charge in [0.05, 0.1) is 13.2 Å². The van der Waals surface area contributed by atoms with E-state index in [9.17, 15) is 9.90 Å². The second-order valence-corrected chi connectivity index (χ2v) is 6.09. The van der Waals surface area contributed by atoms with Gasteiger partial charge in [-0.2, -0.15) is 11.3 Å². The average Bonchev–Trinajstić information content (AvgIpc) is 3.12. The molecule has 0 aliphatic carbocycles. The number of aliphatic hydroxyl groups excluding tert-OH is 1. The van der Waals surface area contributed by atoms with Gasteiger partial charge in [-0.25, -0.2) is 4.79 Å². The number of nitrogens with one attached hydrogen (secondary N) is 2. The van der Waals surface area contributed by atoms with Gasteiger partial charge in [-0.15, -0.1) is 0 Å². The van der Waals surface area contributed by atoms with Gasteiger partial charge in [0, 0.05) is 19.0 Å². The first-order valence-corrected chi connectivity index (χ1v) is 8.41. The second kappa shape index (κ2) is 8.55. The van der Waals surface area contributed by atoms with Crippen LogP contribution in [0.25, 0.3) is 0 Å². The highest BCUT2D eigenvalue weighted by molar-refractivity contribution is 7.07. The fraction of sp³-hybridized carbons (Fsp3) is 0.353. The van der Waals surface area contributed by atoms with Crippen molar-refractivity contribution in [1.29, 1.82) is 0 Å². The molecule has 0 aliphatic heterocycles. The molecule has 1 aromatic heterocycles. The Labute approximate surface area is 140 Å². The van der Waals surface area contributed by atoms with Gasteiger partial charge in [-0.05, 0) is 34.0 Å². The fourth-order valence-electron chi connectivity index (χ4n) is 2.26. The van der Waals surface area contributed by atoms with E-state index in [0.717, 1.165) is 16.9 Å². The summed E-state index contributed by atoms with van der Waals surface area (Å²) in [5.41, 5.74) is 1.87. The molecule has 0 spiro atoms. The summed E-state index contributed by atoms with van der Waals surface area (Å²) < 4.78 is 5.33. The van der Waals surface area contributed by atoms with Crippen molar-refractivity contribution in [3.8, 4) is 5.75 Å². The van der Waals surface area contributed by atoms with E-state index in [2.05, 4.69) is 10.6 Å². The molecule has 0 aliphatic rings. The van der Waals surface area contributed by atoms with Crippen LogP contribution in [-0.4, -0.2) is 31.3 Å². The average molecular weight is 334 g/mol. The first-order chi connectivity index (χ1) is 11.1. The molecule has 0 radical (unpaired) electrons. The molecule has 0 bridgehead atoms. The van der Waals surface area contributed by atoms with Crippen molar-refractivity contribution < 1.29 is 14.6 Å². The lowest BCUT2D eigenvalue weighted by molar-refractivity contribution is 0.173. The van der Waals surface area contributed by atoms with Crippen molar-refractivity contribution in [2.75, 3.05) is 20.2 Å². The number of ether oxygens (including phenoxy) is 1. The molecule has 1 aromatic carbocycles. The predicted molar refractivity (Wildman–Crippen MR) is 92.1 cm³/mol. The molecule has 23 heavy (non-hydrogen) atoms. The molecule has 2 amide bonds. The van der Waals surface area contributed by atoms with Crippen LogP contribution in [-0.2, 0) is 0 Å². The standard InChI is InChI=1S/C17H22N2O3S/c1-12(14-5-3-4-6-16(14)22-2)9-18-17(21)19-10-15(20)13-7-8-23-11-13/h3-8,11-12,15,20H,9-10H2,1-2H3,(H2,18,19,21). The van der Waals surface area contributed by atoms with Gasteiger partial charge in [-0.3, -0.25) is 0 Å². The Bertz CT molecular complexity index is 616. The highest BCUT2D eigenvalue weighted by Crippen LogP contribution is 2.25. The van der Waals surface area contributed by atoms with Crippen molar-refractivity contribution in [1.82, 2.24) is 10.6 Å². The summed E-state index contributed by atoms with van der Waals surface area (Å²) in [6.45, 7) is 2.70. The minimum absolute atomic E-state index is 0.124. The Morgan fingerprint density at radius 3 is 2.70 bits per heavy atom. The van der Waals surface area contributed by atoms with E-state index in [4.69, 9.17) is 4.74 Å². The summed E-state index contributed by atoms with van der Waals surface area (Å²) in [4.78, 5) is 11.8. The molecule has 124 valence electrons. The first-order valence-electron chi connectivity index (χ1n) is 7.46. The maximum atomic E-state index is 11.8. The molecule has 2 aromatic rings. The van der Waals surface area contributed by atoms with E-state index in [1.54, 1.807) is 7.11 Å². The Morgan fingerprint density at radius 1 is 1.26 bits per heavy atom. The smallest absolute Gasteiger partial charge is 0.314 e. The minimum atomic E-state index is -0.682. The van der Waals surface area contributed by atoms with Gasteiger partial charge in [0.1, 0.15) is 5.75 Å². The van der Waals surface area contributed by atoms with Gasteiger partial charge < -0.3 is 20.5 Å². The summed E-state index contributed by atoms with van der Waals surface area (Å²) in [5, 5.41) is 19.2. The van der Waals surface area contributed by atoms with E-state index in [1.165, 1.54) is 11.3 Å². The van der Waals surface area contributed by atoms with Crippen molar-refractivity contribution in [3.05, 3.63) is 52.2 Å². The maximum absolute atomic E-state index is 11.8. The van der Waals surface area contributed by atoms with Crippen molar-refractivity contribution in [2.24, 2.45) is 0 Å². The number of amides is 2. The predicted octanol–water partition coefficient (Wildman–Crippen LogP) is 2.89. The lowest BCUT2D eigenvalue weighted by Crippen LogP contribution is -2.39. The highest BCUT2D eigenvalue weighted by atomic mass is 32.1. The topological polar surface area (TPSA) is 70.6 Å². The molecule has 2 atom stereocenters. The molecule has 6 heteroatoms. The molecule has 5 nitrogen and oxygen atoms in total. The molecule has 3 N–H and O–H groups in total. The molecule has 0 saturated carbocycles.